The van der Waals surface area contributed by atoms with Gasteiger partial charge in [0.05, 0.1) is 6.10 Å². The highest BCUT2D eigenvalue weighted by Gasteiger charge is 2.26. The van der Waals surface area contributed by atoms with Crippen molar-refractivity contribution in [3.8, 4) is 0 Å². The number of nitrogens with one attached hydrogen (secondary N) is 1. The van der Waals surface area contributed by atoms with Crippen LogP contribution in [-0.2, 0) is 14.3 Å². The van der Waals surface area contributed by atoms with E-state index < -0.39 is 0 Å². The van der Waals surface area contributed by atoms with Crippen molar-refractivity contribution in [3.05, 3.63) is 0 Å². The number of amides is 1. The van der Waals surface area contributed by atoms with Gasteiger partial charge in [0.25, 0.3) is 0 Å². The summed E-state index contributed by atoms with van der Waals surface area (Å²) in [6, 6.07) is 0. The molecule has 0 radical (unpaired) electrons. The van der Waals surface area contributed by atoms with Gasteiger partial charge in [-0.3, -0.25) is 4.79 Å². The average molecular weight is 215 g/mol. The molecule has 1 heterocycles. The van der Waals surface area contributed by atoms with Gasteiger partial charge in [0.1, 0.15) is 6.61 Å². The molecule has 4 heteroatoms. The quantitative estimate of drug-likeness (QED) is 0.717. The lowest BCUT2D eigenvalue weighted by molar-refractivity contribution is -0.125. The van der Waals surface area contributed by atoms with Crippen LogP contribution in [0.3, 0.4) is 0 Å². The van der Waals surface area contributed by atoms with Gasteiger partial charge < -0.3 is 14.8 Å². The van der Waals surface area contributed by atoms with Gasteiger partial charge in [0.2, 0.25) is 5.91 Å². The van der Waals surface area contributed by atoms with Crippen LogP contribution in [0.25, 0.3) is 0 Å². The van der Waals surface area contributed by atoms with Crippen LogP contribution in [0.4, 0.5) is 0 Å². The van der Waals surface area contributed by atoms with Gasteiger partial charge in [-0.05, 0) is 19.8 Å². The van der Waals surface area contributed by atoms with Crippen molar-refractivity contribution in [1.29, 1.82) is 0 Å². The van der Waals surface area contributed by atoms with Gasteiger partial charge in [0.15, 0.2) is 0 Å². The Kier molecular flexibility index (Phi) is 5.65. The Hall–Kier alpha value is -0.610. The highest BCUT2D eigenvalue weighted by atomic mass is 16.5. The molecule has 88 valence electrons. The first-order valence-electron chi connectivity index (χ1n) is 5.74. The van der Waals surface area contributed by atoms with E-state index in [0.717, 1.165) is 19.4 Å². The summed E-state index contributed by atoms with van der Waals surface area (Å²) in [5.41, 5.74) is 0. The maximum atomic E-state index is 11.3. The number of carbonyl (C=O) groups is 1. The van der Waals surface area contributed by atoms with E-state index in [9.17, 15) is 4.79 Å². The normalized spacial score (nSPS) is 25.5. The zero-order valence-corrected chi connectivity index (χ0v) is 9.62. The monoisotopic (exact) mass is 215 g/mol. The van der Waals surface area contributed by atoms with Crippen LogP contribution in [0.2, 0.25) is 0 Å². The fourth-order valence-electron chi connectivity index (χ4n) is 1.87. The van der Waals surface area contributed by atoms with Gasteiger partial charge in [0, 0.05) is 25.7 Å². The summed E-state index contributed by atoms with van der Waals surface area (Å²) in [6.07, 6.45) is 2.39. The summed E-state index contributed by atoms with van der Waals surface area (Å²) in [5.74, 6) is 0.444. The van der Waals surface area contributed by atoms with Gasteiger partial charge in [-0.2, -0.15) is 0 Å². The van der Waals surface area contributed by atoms with E-state index in [1.54, 1.807) is 0 Å². The summed E-state index contributed by atoms with van der Waals surface area (Å²) in [5, 5.41) is 2.88. The highest BCUT2D eigenvalue weighted by Crippen LogP contribution is 2.22. The third kappa shape index (κ3) is 4.18. The maximum absolute atomic E-state index is 11.3. The SMILES string of the molecule is CCOCC(=O)NCC1CCOC1CC. The van der Waals surface area contributed by atoms with Crippen LogP contribution in [0.1, 0.15) is 26.7 Å². The molecule has 0 spiro atoms. The molecule has 1 saturated heterocycles. The Morgan fingerprint density at radius 3 is 3.00 bits per heavy atom. The minimum absolute atomic E-state index is 0.0291. The first-order valence-corrected chi connectivity index (χ1v) is 5.74. The number of hydrogen-bond donors (Lipinski definition) is 1. The molecule has 15 heavy (non-hydrogen) atoms. The Morgan fingerprint density at radius 2 is 2.33 bits per heavy atom. The number of ether oxygens (including phenoxy) is 2. The van der Waals surface area contributed by atoms with Crippen molar-refractivity contribution in [1.82, 2.24) is 5.32 Å². The molecule has 0 aliphatic carbocycles. The van der Waals surface area contributed by atoms with Crippen molar-refractivity contribution in [2.24, 2.45) is 5.92 Å². The van der Waals surface area contributed by atoms with Crippen LogP contribution in [0, 0.1) is 5.92 Å². The third-order valence-corrected chi connectivity index (χ3v) is 2.75. The lowest BCUT2D eigenvalue weighted by atomic mass is 10.00. The van der Waals surface area contributed by atoms with Crippen LogP contribution >= 0.6 is 0 Å². The predicted molar refractivity (Wildman–Crippen MR) is 57.6 cm³/mol. The van der Waals surface area contributed by atoms with E-state index in [-0.39, 0.29) is 12.5 Å². The zero-order valence-electron chi connectivity index (χ0n) is 9.62. The van der Waals surface area contributed by atoms with E-state index in [1.807, 2.05) is 6.92 Å². The van der Waals surface area contributed by atoms with Crippen molar-refractivity contribution in [2.75, 3.05) is 26.4 Å². The fraction of sp³-hybridized carbons (Fsp3) is 0.909. The predicted octanol–water partition coefficient (Wildman–Crippen LogP) is 0.954. The minimum Gasteiger partial charge on any atom is -0.378 e. The third-order valence-electron chi connectivity index (χ3n) is 2.75. The van der Waals surface area contributed by atoms with Gasteiger partial charge in [-0.15, -0.1) is 0 Å². The molecule has 0 aromatic carbocycles. The molecule has 1 aliphatic rings. The van der Waals surface area contributed by atoms with Crippen LogP contribution in [0.15, 0.2) is 0 Å². The second-order valence-corrected chi connectivity index (χ2v) is 3.81. The summed E-state index contributed by atoms with van der Waals surface area (Å²) >= 11 is 0. The van der Waals surface area contributed by atoms with E-state index in [2.05, 4.69) is 12.2 Å². The van der Waals surface area contributed by atoms with Gasteiger partial charge in [-0.1, -0.05) is 6.92 Å². The molecule has 0 aromatic rings. The topological polar surface area (TPSA) is 47.6 Å². The number of rotatable bonds is 6. The summed E-state index contributed by atoms with van der Waals surface area (Å²) in [4.78, 5) is 11.3. The largest absolute Gasteiger partial charge is 0.378 e. The molecule has 2 atom stereocenters. The molecule has 0 saturated carbocycles. The molecule has 0 bridgehead atoms. The maximum Gasteiger partial charge on any atom is 0.246 e. The lowest BCUT2D eigenvalue weighted by Crippen LogP contribution is -2.34. The standard InChI is InChI=1S/C11H21NO3/c1-3-10-9(5-6-15-10)7-12-11(13)8-14-4-2/h9-10H,3-8H2,1-2H3,(H,12,13). The van der Waals surface area contributed by atoms with Crippen LogP contribution in [0.5, 0.6) is 0 Å². The fourth-order valence-corrected chi connectivity index (χ4v) is 1.87. The average Bonchev–Trinajstić information content (AvgIpc) is 2.70. The highest BCUT2D eigenvalue weighted by molar-refractivity contribution is 5.77. The van der Waals surface area contributed by atoms with Crippen molar-refractivity contribution >= 4 is 5.91 Å². The molecule has 4 nitrogen and oxygen atoms in total. The van der Waals surface area contributed by atoms with E-state index >= 15 is 0 Å². The molecule has 1 N–H and O–H groups in total. The minimum atomic E-state index is -0.0291. The van der Waals surface area contributed by atoms with Gasteiger partial charge in [-0.25, -0.2) is 0 Å². The van der Waals surface area contributed by atoms with Crippen LogP contribution in [-0.4, -0.2) is 38.4 Å². The summed E-state index contributed by atoms with van der Waals surface area (Å²) in [6.45, 7) is 6.28. The molecule has 2 unspecified atom stereocenters. The summed E-state index contributed by atoms with van der Waals surface area (Å²) in [7, 11) is 0. The van der Waals surface area contributed by atoms with Gasteiger partial charge >= 0.3 is 0 Å². The van der Waals surface area contributed by atoms with E-state index in [0.29, 0.717) is 25.2 Å². The summed E-state index contributed by atoms with van der Waals surface area (Å²) < 4.78 is 10.6. The Labute approximate surface area is 91.3 Å². The second kappa shape index (κ2) is 6.80. The van der Waals surface area contributed by atoms with E-state index in [1.165, 1.54) is 0 Å². The Bertz CT molecular complexity index is 196. The van der Waals surface area contributed by atoms with Crippen LogP contribution < -0.4 is 5.32 Å². The van der Waals surface area contributed by atoms with Crippen molar-refractivity contribution < 1.29 is 14.3 Å². The molecular weight excluding hydrogens is 194 g/mol. The smallest absolute Gasteiger partial charge is 0.246 e. The van der Waals surface area contributed by atoms with Crippen molar-refractivity contribution in [2.45, 2.75) is 32.8 Å². The zero-order chi connectivity index (χ0) is 11.1. The molecular formula is C11H21NO3. The number of hydrogen-bond acceptors (Lipinski definition) is 3. The molecule has 1 fully saturated rings. The molecule has 1 amide bonds. The Morgan fingerprint density at radius 1 is 1.53 bits per heavy atom. The molecule has 0 aromatic heterocycles. The Balaban J connectivity index is 2.15. The second-order valence-electron chi connectivity index (χ2n) is 3.81. The van der Waals surface area contributed by atoms with E-state index in [4.69, 9.17) is 9.47 Å². The first kappa shape index (κ1) is 12.5. The molecule has 1 rings (SSSR count). The lowest BCUT2D eigenvalue weighted by Gasteiger charge is -2.17. The number of carbonyl (C=O) groups excluding carboxylic acids is 1. The molecule has 1 aliphatic heterocycles. The van der Waals surface area contributed by atoms with Crippen molar-refractivity contribution in [3.63, 3.8) is 0 Å². The first-order chi connectivity index (χ1) is 7.27.